The monoisotopic (exact) mass is 316 g/mol. The molecule has 1 aromatic carbocycles. The van der Waals surface area contributed by atoms with Crippen LogP contribution in [0.4, 0.5) is 13.2 Å². The lowest BCUT2D eigenvalue weighted by Crippen LogP contribution is -2.11. The number of benzene rings is 1. The van der Waals surface area contributed by atoms with E-state index < -0.39 is 23.3 Å². The lowest BCUT2D eigenvalue weighted by molar-refractivity contribution is -0.137. The predicted molar refractivity (Wildman–Crippen MR) is 69.9 cm³/mol. The lowest BCUT2D eigenvalue weighted by Gasteiger charge is -2.10. The Bertz CT molecular complexity index is 748. The molecule has 0 amide bonds. The maximum Gasteiger partial charge on any atom is 0.417 e. The maximum absolute atomic E-state index is 12.9. The Morgan fingerprint density at radius 2 is 2.00 bits per heavy atom. The molecule has 5 nitrogen and oxygen atoms in total. The number of rotatable bonds is 5. The van der Waals surface area contributed by atoms with Gasteiger partial charge in [-0.1, -0.05) is 0 Å². The number of hydrogen-bond donors (Lipinski definition) is 1. The summed E-state index contributed by atoms with van der Waals surface area (Å²) in [6.45, 7) is 0.0843. The van der Waals surface area contributed by atoms with Gasteiger partial charge >= 0.3 is 17.8 Å². The maximum atomic E-state index is 12.9. The summed E-state index contributed by atoms with van der Waals surface area (Å²) < 4.78 is 48.5. The molecule has 0 saturated carbocycles. The van der Waals surface area contributed by atoms with Crippen LogP contribution in [0.25, 0.3) is 11.0 Å². The molecule has 2 aromatic rings. The summed E-state index contributed by atoms with van der Waals surface area (Å²) >= 11 is 0. The average Bonchev–Trinajstić information content (AvgIpc) is 2.41. The highest BCUT2D eigenvalue weighted by Crippen LogP contribution is 2.34. The molecular formula is C14H11F3O5. The molecule has 0 atom stereocenters. The van der Waals surface area contributed by atoms with Gasteiger partial charge in [-0.15, -0.1) is 0 Å². The zero-order chi connectivity index (χ0) is 16.3. The highest BCUT2D eigenvalue weighted by molar-refractivity contribution is 5.82. The predicted octanol–water partition coefficient (Wildman–Crippen LogP) is 3.06. The van der Waals surface area contributed by atoms with Gasteiger partial charge in [-0.05, 0) is 18.6 Å². The first-order chi connectivity index (χ1) is 10.3. The van der Waals surface area contributed by atoms with Gasteiger partial charge in [0.1, 0.15) is 11.3 Å². The summed E-state index contributed by atoms with van der Waals surface area (Å²) in [4.78, 5) is 21.6. The number of carboxylic acids is 1. The van der Waals surface area contributed by atoms with Gasteiger partial charge in [0.15, 0.2) is 0 Å². The van der Waals surface area contributed by atoms with E-state index in [1.807, 2.05) is 0 Å². The number of carboxylic acid groups (broad SMARTS) is 1. The summed E-state index contributed by atoms with van der Waals surface area (Å²) in [7, 11) is 0. The van der Waals surface area contributed by atoms with Gasteiger partial charge in [-0.25, -0.2) is 4.79 Å². The summed E-state index contributed by atoms with van der Waals surface area (Å²) in [5.41, 5.74) is -2.42. The van der Waals surface area contributed by atoms with Crippen molar-refractivity contribution in [3.63, 3.8) is 0 Å². The molecule has 8 heteroatoms. The van der Waals surface area contributed by atoms with Gasteiger partial charge in [0.25, 0.3) is 0 Å². The number of fused-ring (bicyclic) bond motifs is 1. The van der Waals surface area contributed by atoms with Gasteiger partial charge in [-0.2, -0.15) is 13.2 Å². The van der Waals surface area contributed by atoms with Crippen LogP contribution in [0, 0.1) is 0 Å². The highest BCUT2D eigenvalue weighted by atomic mass is 19.4. The molecule has 1 N–H and O–H groups in total. The van der Waals surface area contributed by atoms with Crippen molar-refractivity contribution < 1.29 is 32.2 Å². The Balaban J connectivity index is 2.27. The van der Waals surface area contributed by atoms with Gasteiger partial charge in [-0.3, -0.25) is 4.79 Å². The van der Waals surface area contributed by atoms with E-state index >= 15 is 0 Å². The summed E-state index contributed by atoms with van der Waals surface area (Å²) in [6, 6.07) is 4.02. The molecule has 0 aliphatic carbocycles. The van der Waals surface area contributed by atoms with Gasteiger partial charge < -0.3 is 14.3 Å². The Labute approximate surface area is 121 Å². The van der Waals surface area contributed by atoms with E-state index in [0.29, 0.717) is 6.07 Å². The molecule has 0 unspecified atom stereocenters. The second-order valence-electron chi connectivity index (χ2n) is 4.48. The smallest absolute Gasteiger partial charge is 0.417 e. The Kier molecular flexibility index (Phi) is 4.39. The molecular weight excluding hydrogens is 305 g/mol. The second kappa shape index (κ2) is 6.08. The minimum absolute atomic E-state index is 0.0825. The zero-order valence-electron chi connectivity index (χ0n) is 11.1. The molecule has 0 aliphatic heterocycles. The third-order valence-electron chi connectivity index (χ3n) is 2.83. The Morgan fingerprint density at radius 3 is 2.64 bits per heavy atom. The van der Waals surface area contributed by atoms with Crippen LogP contribution in [-0.4, -0.2) is 17.7 Å². The van der Waals surface area contributed by atoms with Crippen molar-refractivity contribution in [1.82, 2.24) is 0 Å². The van der Waals surface area contributed by atoms with Crippen molar-refractivity contribution in [3.8, 4) is 5.75 Å². The zero-order valence-corrected chi connectivity index (χ0v) is 11.1. The van der Waals surface area contributed by atoms with Crippen LogP contribution in [0.1, 0.15) is 18.4 Å². The molecule has 1 aromatic heterocycles. The van der Waals surface area contributed by atoms with Crippen LogP contribution in [-0.2, 0) is 11.0 Å². The number of hydrogen-bond acceptors (Lipinski definition) is 4. The van der Waals surface area contributed by atoms with Crippen molar-refractivity contribution in [2.24, 2.45) is 0 Å². The molecule has 118 valence electrons. The summed E-state index contributed by atoms with van der Waals surface area (Å²) in [5, 5.41) is 8.23. The van der Waals surface area contributed by atoms with Crippen LogP contribution in [0.5, 0.6) is 5.75 Å². The van der Waals surface area contributed by atoms with E-state index in [2.05, 4.69) is 0 Å². The second-order valence-corrected chi connectivity index (χ2v) is 4.48. The topological polar surface area (TPSA) is 76.7 Å². The van der Waals surface area contributed by atoms with Crippen LogP contribution >= 0.6 is 0 Å². The SMILES string of the molecule is O=C(O)CCCOc1ccc2c(C(F)(F)F)cc(=O)oc2c1. The number of halogens is 3. The molecule has 0 radical (unpaired) electrons. The molecule has 0 spiro atoms. The fraction of sp³-hybridized carbons (Fsp3) is 0.286. The van der Waals surface area contributed by atoms with E-state index in [1.54, 1.807) is 0 Å². The van der Waals surface area contributed by atoms with Crippen LogP contribution in [0.3, 0.4) is 0 Å². The van der Waals surface area contributed by atoms with Crippen molar-refractivity contribution >= 4 is 16.9 Å². The standard InChI is InChI=1S/C14H11F3O5/c15-14(16,17)10-7-13(20)22-11-6-8(3-4-9(10)11)21-5-1-2-12(18)19/h3-4,6-7H,1-2,5H2,(H,18,19). The van der Waals surface area contributed by atoms with E-state index in [4.69, 9.17) is 14.3 Å². The van der Waals surface area contributed by atoms with Crippen LogP contribution < -0.4 is 10.4 Å². The molecule has 0 aliphatic rings. The number of ether oxygens (including phenoxy) is 1. The lowest BCUT2D eigenvalue weighted by atomic mass is 10.1. The van der Waals surface area contributed by atoms with E-state index in [1.165, 1.54) is 12.1 Å². The summed E-state index contributed by atoms with van der Waals surface area (Å²) in [6.07, 6.45) is -4.50. The first-order valence-corrected chi connectivity index (χ1v) is 6.27. The van der Waals surface area contributed by atoms with Crippen molar-refractivity contribution in [1.29, 1.82) is 0 Å². The number of alkyl halides is 3. The van der Waals surface area contributed by atoms with Crippen LogP contribution in [0.2, 0.25) is 0 Å². The number of carbonyl (C=O) groups is 1. The molecule has 1 heterocycles. The molecule has 2 rings (SSSR count). The average molecular weight is 316 g/mol. The van der Waals surface area contributed by atoms with Gasteiger partial charge in [0, 0.05) is 23.9 Å². The Morgan fingerprint density at radius 1 is 1.27 bits per heavy atom. The third-order valence-corrected chi connectivity index (χ3v) is 2.83. The number of aliphatic carboxylic acids is 1. The van der Waals surface area contributed by atoms with E-state index in [0.717, 1.165) is 6.07 Å². The van der Waals surface area contributed by atoms with E-state index in [-0.39, 0.29) is 36.2 Å². The highest BCUT2D eigenvalue weighted by Gasteiger charge is 2.33. The van der Waals surface area contributed by atoms with Crippen molar-refractivity contribution in [2.75, 3.05) is 6.61 Å². The summed E-state index contributed by atoms with van der Waals surface area (Å²) in [5.74, 6) is -0.775. The first-order valence-electron chi connectivity index (χ1n) is 6.27. The molecule has 0 fully saturated rings. The van der Waals surface area contributed by atoms with Crippen molar-refractivity contribution in [2.45, 2.75) is 19.0 Å². The van der Waals surface area contributed by atoms with Crippen molar-refractivity contribution in [3.05, 3.63) is 40.2 Å². The van der Waals surface area contributed by atoms with Gasteiger partial charge in [0.2, 0.25) is 0 Å². The quantitative estimate of drug-likeness (QED) is 0.677. The molecule has 0 saturated heterocycles. The fourth-order valence-corrected chi connectivity index (χ4v) is 1.88. The van der Waals surface area contributed by atoms with Crippen LogP contribution in [0.15, 0.2) is 33.5 Å². The normalized spacial score (nSPS) is 11.6. The minimum atomic E-state index is -4.67. The largest absolute Gasteiger partial charge is 0.493 e. The molecule has 22 heavy (non-hydrogen) atoms. The van der Waals surface area contributed by atoms with Gasteiger partial charge in [0.05, 0.1) is 12.2 Å². The minimum Gasteiger partial charge on any atom is -0.493 e. The first kappa shape index (κ1) is 15.9. The third kappa shape index (κ3) is 3.78. The fourth-order valence-electron chi connectivity index (χ4n) is 1.88. The van der Waals surface area contributed by atoms with E-state index in [9.17, 15) is 22.8 Å². The Hall–Kier alpha value is -2.51. The molecule has 0 bridgehead atoms.